The van der Waals surface area contributed by atoms with Gasteiger partial charge in [-0.3, -0.25) is 0 Å². The number of likely N-dealkylation sites (N-methyl/N-ethyl adjacent to an activating group) is 1. The van der Waals surface area contributed by atoms with E-state index in [0.717, 1.165) is 17.1 Å². The molecular weight excluding hydrogens is 224 g/mol. The van der Waals surface area contributed by atoms with Crippen LogP contribution in [0.15, 0.2) is 22.9 Å². The Balaban J connectivity index is 2.11. The van der Waals surface area contributed by atoms with Gasteiger partial charge in [0.2, 0.25) is 0 Å². The summed E-state index contributed by atoms with van der Waals surface area (Å²) in [5.41, 5.74) is 1.16. The third-order valence-electron chi connectivity index (χ3n) is 2.33. The van der Waals surface area contributed by atoms with Crippen molar-refractivity contribution in [1.29, 1.82) is 0 Å². The van der Waals surface area contributed by atoms with E-state index in [4.69, 9.17) is 0 Å². The Bertz CT molecular complexity index is 406. The molecule has 1 atom stereocenters. The third kappa shape index (κ3) is 2.65. The maximum atomic E-state index is 4.52. The molecule has 80 valence electrons. The Kier molecular flexibility index (Phi) is 3.51. The second-order valence-corrected chi connectivity index (χ2v) is 5.51. The smallest absolute Gasteiger partial charge is 0.0898 e. The van der Waals surface area contributed by atoms with Crippen molar-refractivity contribution in [3.63, 3.8) is 0 Å². The molecule has 0 fully saturated rings. The fourth-order valence-corrected chi connectivity index (χ4v) is 2.94. The summed E-state index contributed by atoms with van der Waals surface area (Å²) in [7, 11) is 1.99. The Morgan fingerprint density at radius 1 is 1.47 bits per heavy atom. The summed E-state index contributed by atoms with van der Waals surface area (Å²) in [5, 5.41) is 8.72. The molecular formula is C11H14N2S2. The highest BCUT2D eigenvalue weighted by Crippen LogP contribution is 2.22. The number of hydrogen-bond acceptors (Lipinski definition) is 4. The van der Waals surface area contributed by atoms with Crippen molar-refractivity contribution in [3.05, 3.63) is 38.5 Å². The van der Waals surface area contributed by atoms with Crippen LogP contribution in [0.25, 0.3) is 0 Å². The maximum absolute atomic E-state index is 4.52. The van der Waals surface area contributed by atoms with Crippen LogP contribution in [0, 0.1) is 6.92 Å². The first-order chi connectivity index (χ1) is 7.29. The summed E-state index contributed by atoms with van der Waals surface area (Å²) in [6.45, 7) is 2.05. The largest absolute Gasteiger partial charge is 0.311 e. The lowest BCUT2D eigenvalue weighted by atomic mass is 10.1. The van der Waals surface area contributed by atoms with Crippen molar-refractivity contribution in [2.75, 3.05) is 7.05 Å². The number of nitrogens with zero attached hydrogens (tertiary/aromatic N) is 1. The van der Waals surface area contributed by atoms with Gasteiger partial charge in [-0.1, -0.05) is 6.07 Å². The second kappa shape index (κ2) is 4.88. The number of aromatic nitrogens is 1. The van der Waals surface area contributed by atoms with Crippen molar-refractivity contribution >= 4 is 22.7 Å². The SMILES string of the molecule is CNC(Cc1cccs1)c1csc(C)n1. The van der Waals surface area contributed by atoms with Crippen LogP contribution in [-0.4, -0.2) is 12.0 Å². The van der Waals surface area contributed by atoms with E-state index in [0.29, 0.717) is 6.04 Å². The first kappa shape index (κ1) is 10.8. The van der Waals surface area contributed by atoms with Crippen LogP contribution in [0.5, 0.6) is 0 Å². The molecule has 2 aromatic heterocycles. The topological polar surface area (TPSA) is 24.9 Å². The van der Waals surface area contributed by atoms with Crippen LogP contribution in [0.2, 0.25) is 0 Å². The van der Waals surface area contributed by atoms with Crippen molar-refractivity contribution in [3.8, 4) is 0 Å². The monoisotopic (exact) mass is 238 g/mol. The molecule has 0 aromatic carbocycles. The Morgan fingerprint density at radius 3 is 2.87 bits per heavy atom. The first-order valence-electron chi connectivity index (χ1n) is 4.91. The highest BCUT2D eigenvalue weighted by atomic mass is 32.1. The number of nitrogens with one attached hydrogen (secondary N) is 1. The van der Waals surface area contributed by atoms with Gasteiger partial charge >= 0.3 is 0 Å². The van der Waals surface area contributed by atoms with Gasteiger partial charge in [0, 0.05) is 16.7 Å². The summed E-state index contributed by atoms with van der Waals surface area (Å²) < 4.78 is 0. The van der Waals surface area contributed by atoms with Gasteiger partial charge in [-0.05, 0) is 25.4 Å². The van der Waals surface area contributed by atoms with E-state index >= 15 is 0 Å². The van der Waals surface area contributed by atoms with E-state index in [1.165, 1.54) is 4.88 Å². The molecule has 0 saturated carbocycles. The lowest BCUT2D eigenvalue weighted by Crippen LogP contribution is -2.18. The molecule has 2 rings (SSSR count). The van der Waals surface area contributed by atoms with E-state index < -0.39 is 0 Å². The summed E-state index contributed by atoms with van der Waals surface area (Å²) in [6, 6.07) is 4.61. The molecule has 2 aromatic rings. The van der Waals surface area contributed by atoms with Gasteiger partial charge in [-0.2, -0.15) is 0 Å². The molecule has 1 unspecified atom stereocenters. The zero-order valence-corrected chi connectivity index (χ0v) is 10.5. The van der Waals surface area contributed by atoms with Gasteiger partial charge in [-0.25, -0.2) is 4.98 Å². The summed E-state index contributed by atoms with van der Waals surface area (Å²) >= 11 is 3.52. The minimum atomic E-state index is 0.341. The summed E-state index contributed by atoms with van der Waals surface area (Å²) in [6.07, 6.45) is 1.03. The van der Waals surface area contributed by atoms with Crippen LogP contribution >= 0.6 is 22.7 Å². The maximum Gasteiger partial charge on any atom is 0.0898 e. The van der Waals surface area contributed by atoms with Gasteiger partial charge in [0.05, 0.1) is 16.7 Å². The third-order valence-corrected chi connectivity index (χ3v) is 4.02. The minimum Gasteiger partial charge on any atom is -0.311 e. The van der Waals surface area contributed by atoms with Gasteiger partial charge in [0.1, 0.15) is 0 Å². The van der Waals surface area contributed by atoms with E-state index in [-0.39, 0.29) is 0 Å². The predicted molar refractivity (Wildman–Crippen MR) is 66.7 cm³/mol. The number of thiophene rings is 1. The summed E-state index contributed by atoms with van der Waals surface area (Å²) in [4.78, 5) is 5.93. The number of hydrogen-bond donors (Lipinski definition) is 1. The molecule has 0 spiro atoms. The zero-order valence-electron chi connectivity index (χ0n) is 8.86. The highest BCUT2D eigenvalue weighted by molar-refractivity contribution is 7.10. The standard InChI is InChI=1S/C11H14N2S2/c1-8-13-11(7-15-8)10(12-2)6-9-4-3-5-14-9/h3-5,7,10,12H,6H2,1-2H3. The van der Waals surface area contributed by atoms with Crippen molar-refractivity contribution < 1.29 is 0 Å². The number of thiazole rings is 1. The lowest BCUT2D eigenvalue weighted by molar-refractivity contribution is 0.582. The average Bonchev–Trinajstić information content (AvgIpc) is 2.85. The van der Waals surface area contributed by atoms with Crippen molar-refractivity contribution in [2.24, 2.45) is 0 Å². The Labute approximate surface area is 98.0 Å². The quantitative estimate of drug-likeness (QED) is 0.885. The average molecular weight is 238 g/mol. The van der Waals surface area contributed by atoms with Gasteiger partial charge in [0.25, 0.3) is 0 Å². The van der Waals surface area contributed by atoms with Crippen LogP contribution in [0.4, 0.5) is 0 Å². The number of aryl methyl sites for hydroxylation is 1. The molecule has 0 amide bonds. The first-order valence-corrected chi connectivity index (χ1v) is 6.67. The molecule has 0 aliphatic rings. The Morgan fingerprint density at radius 2 is 2.33 bits per heavy atom. The van der Waals surface area contributed by atoms with Crippen LogP contribution in [0.1, 0.15) is 21.6 Å². The Hall–Kier alpha value is -0.710. The fraction of sp³-hybridized carbons (Fsp3) is 0.364. The van der Waals surface area contributed by atoms with E-state index in [1.807, 2.05) is 14.0 Å². The van der Waals surface area contributed by atoms with Crippen LogP contribution < -0.4 is 5.32 Å². The van der Waals surface area contributed by atoms with E-state index in [1.54, 1.807) is 22.7 Å². The molecule has 0 saturated heterocycles. The molecule has 0 aliphatic heterocycles. The molecule has 0 aliphatic carbocycles. The van der Waals surface area contributed by atoms with E-state index in [2.05, 4.69) is 33.2 Å². The lowest BCUT2D eigenvalue weighted by Gasteiger charge is -2.12. The molecule has 0 radical (unpaired) electrons. The summed E-state index contributed by atoms with van der Waals surface area (Å²) in [5.74, 6) is 0. The van der Waals surface area contributed by atoms with Crippen LogP contribution in [-0.2, 0) is 6.42 Å². The molecule has 1 N–H and O–H groups in total. The molecule has 4 heteroatoms. The predicted octanol–water partition coefficient (Wildman–Crippen LogP) is 3.02. The van der Waals surface area contributed by atoms with E-state index in [9.17, 15) is 0 Å². The normalized spacial score (nSPS) is 12.9. The zero-order chi connectivity index (χ0) is 10.7. The van der Waals surface area contributed by atoms with Gasteiger partial charge in [-0.15, -0.1) is 22.7 Å². The minimum absolute atomic E-state index is 0.341. The molecule has 2 heterocycles. The fourth-order valence-electron chi connectivity index (χ4n) is 1.52. The molecule has 2 nitrogen and oxygen atoms in total. The van der Waals surface area contributed by atoms with Gasteiger partial charge in [0.15, 0.2) is 0 Å². The van der Waals surface area contributed by atoms with Gasteiger partial charge < -0.3 is 5.32 Å². The van der Waals surface area contributed by atoms with Crippen LogP contribution in [0.3, 0.4) is 0 Å². The van der Waals surface area contributed by atoms with Crippen molar-refractivity contribution in [2.45, 2.75) is 19.4 Å². The highest BCUT2D eigenvalue weighted by Gasteiger charge is 2.13. The van der Waals surface area contributed by atoms with Crippen molar-refractivity contribution in [1.82, 2.24) is 10.3 Å². The molecule has 15 heavy (non-hydrogen) atoms. The molecule has 0 bridgehead atoms. The number of rotatable bonds is 4. The second-order valence-electron chi connectivity index (χ2n) is 3.42.